The Hall–Kier alpha value is -0.870. The van der Waals surface area contributed by atoms with Crippen LogP contribution in [0, 0.1) is 0 Å². The fraction of sp³-hybridized carbons (Fsp3) is 0.333. The van der Waals surface area contributed by atoms with Crippen molar-refractivity contribution in [3.8, 4) is 0 Å². The van der Waals surface area contributed by atoms with Crippen LogP contribution in [0.1, 0.15) is 5.69 Å². The van der Waals surface area contributed by atoms with E-state index < -0.39 is 0 Å². The molecule has 1 aromatic rings. The molecule has 0 aromatic carbocycles. The normalized spacial score (nSPS) is 8.82. The summed E-state index contributed by atoms with van der Waals surface area (Å²) in [6.45, 7) is 0.677. The van der Waals surface area contributed by atoms with Gasteiger partial charge in [0.25, 0.3) is 5.56 Å². The van der Waals surface area contributed by atoms with Crippen molar-refractivity contribution in [2.24, 2.45) is 0 Å². The molecule has 0 bridgehead atoms. The summed E-state index contributed by atoms with van der Waals surface area (Å²) >= 11 is 0. The van der Waals surface area contributed by atoms with Crippen LogP contribution >= 0.6 is 12.4 Å². The minimum absolute atomic E-state index is 0. The molecule has 0 saturated carbocycles. The highest BCUT2D eigenvalue weighted by Gasteiger charge is 1.89. The van der Waals surface area contributed by atoms with E-state index >= 15 is 0 Å². The Kier molecular flexibility index (Phi) is 4.49. The average Bonchev–Trinajstić information content (AvgIpc) is 1.95. The highest BCUT2D eigenvalue weighted by atomic mass is 35.5. The van der Waals surface area contributed by atoms with E-state index in [4.69, 9.17) is 0 Å². The third-order valence-corrected chi connectivity index (χ3v) is 1.09. The van der Waals surface area contributed by atoms with Gasteiger partial charge in [-0.25, -0.2) is 5.10 Å². The van der Waals surface area contributed by atoms with Crippen LogP contribution in [0.3, 0.4) is 0 Å². The average molecular weight is 176 g/mol. The Labute approximate surface area is 70.4 Å². The van der Waals surface area contributed by atoms with Gasteiger partial charge in [0.05, 0.1) is 5.69 Å². The number of hydrogen-bond acceptors (Lipinski definition) is 3. The van der Waals surface area contributed by atoms with E-state index in [1.165, 1.54) is 6.07 Å². The van der Waals surface area contributed by atoms with Crippen LogP contribution in [0.4, 0.5) is 0 Å². The molecular formula is C6H10ClN3O. The lowest BCUT2D eigenvalue weighted by Gasteiger charge is -1.94. The van der Waals surface area contributed by atoms with Crippen molar-refractivity contribution in [1.82, 2.24) is 15.5 Å². The summed E-state index contributed by atoms with van der Waals surface area (Å²) in [5, 5.41) is 9.03. The van der Waals surface area contributed by atoms with Gasteiger partial charge in [-0.3, -0.25) is 4.79 Å². The Morgan fingerprint density at radius 3 is 2.82 bits per heavy atom. The predicted octanol–water partition coefficient (Wildman–Crippen LogP) is -0.0889. The minimum Gasteiger partial charge on any atom is -0.314 e. The molecule has 11 heavy (non-hydrogen) atoms. The van der Waals surface area contributed by atoms with E-state index in [1.54, 1.807) is 6.07 Å². The largest absolute Gasteiger partial charge is 0.314 e. The lowest BCUT2D eigenvalue weighted by Crippen LogP contribution is -2.12. The van der Waals surface area contributed by atoms with Crippen molar-refractivity contribution in [2.45, 2.75) is 6.54 Å². The Morgan fingerprint density at radius 2 is 2.36 bits per heavy atom. The molecule has 1 rings (SSSR count). The third-order valence-electron chi connectivity index (χ3n) is 1.09. The first-order chi connectivity index (χ1) is 4.83. The number of nitrogens with one attached hydrogen (secondary N) is 2. The molecule has 4 nitrogen and oxygen atoms in total. The molecule has 62 valence electrons. The van der Waals surface area contributed by atoms with E-state index in [0.717, 1.165) is 5.69 Å². The van der Waals surface area contributed by atoms with Crippen LogP contribution in [-0.4, -0.2) is 17.2 Å². The van der Waals surface area contributed by atoms with E-state index in [-0.39, 0.29) is 18.0 Å². The van der Waals surface area contributed by atoms with E-state index in [0.29, 0.717) is 6.54 Å². The quantitative estimate of drug-likeness (QED) is 0.661. The maximum atomic E-state index is 10.5. The van der Waals surface area contributed by atoms with Gasteiger partial charge in [-0.05, 0) is 13.1 Å². The molecule has 0 aliphatic rings. The molecule has 0 spiro atoms. The lowest BCUT2D eigenvalue weighted by molar-refractivity contribution is 0.762. The van der Waals surface area contributed by atoms with Crippen LogP contribution in [-0.2, 0) is 6.54 Å². The summed E-state index contributed by atoms with van der Waals surface area (Å²) in [6.07, 6.45) is 0. The van der Waals surface area contributed by atoms with Crippen LogP contribution in [0.25, 0.3) is 0 Å². The topological polar surface area (TPSA) is 57.8 Å². The maximum absolute atomic E-state index is 10.5. The maximum Gasteiger partial charge on any atom is 0.264 e. The molecule has 0 unspecified atom stereocenters. The Morgan fingerprint density at radius 1 is 1.64 bits per heavy atom. The number of nitrogens with zero attached hydrogens (tertiary/aromatic N) is 1. The smallest absolute Gasteiger partial charge is 0.264 e. The molecule has 0 aliphatic carbocycles. The molecule has 0 aliphatic heterocycles. The van der Waals surface area contributed by atoms with Crippen LogP contribution < -0.4 is 10.9 Å². The zero-order valence-corrected chi connectivity index (χ0v) is 6.94. The fourth-order valence-corrected chi connectivity index (χ4v) is 0.653. The zero-order valence-electron chi connectivity index (χ0n) is 6.13. The number of H-pyrrole nitrogens is 1. The summed E-state index contributed by atoms with van der Waals surface area (Å²) in [4.78, 5) is 10.5. The van der Waals surface area contributed by atoms with E-state index in [9.17, 15) is 4.79 Å². The number of rotatable bonds is 2. The summed E-state index contributed by atoms with van der Waals surface area (Å²) in [5.74, 6) is 0. The first-order valence-electron chi connectivity index (χ1n) is 3.02. The molecule has 2 N–H and O–H groups in total. The first-order valence-corrected chi connectivity index (χ1v) is 3.02. The SMILES string of the molecule is CNCc1ccc(=O)[nH]n1.Cl. The molecule has 0 amide bonds. The first kappa shape index (κ1) is 10.1. The number of aromatic nitrogens is 2. The van der Waals surface area contributed by atoms with Gasteiger partial charge >= 0.3 is 0 Å². The Bertz CT molecular complexity index is 240. The monoisotopic (exact) mass is 175 g/mol. The lowest BCUT2D eigenvalue weighted by atomic mass is 10.4. The fourth-order valence-electron chi connectivity index (χ4n) is 0.653. The molecular weight excluding hydrogens is 166 g/mol. The second-order valence-electron chi connectivity index (χ2n) is 1.94. The van der Waals surface area contributed by atoms with Crippen molar-refractivity contribution >= 4 is 12.4 Å². The van der Waals surface area contributed by atoms with Crippen molar-refractivity contribution in [1.29, 1.82) is 0 Å². The van der Waals surface area contributed by atoms with Crippen molar-refractivity contribution in [3.05, 3.63) is 28.2 Å². The van der Waals surface area contributed by atoms with Gasteiger partial charge in [-0.1, -0.05) is 0 Å². The Balaban J connectivity index is 0.000001000. The van der Waals surface area contributed by atoms with E-state index in [2.05, 4.69) is 15.5 Å². The summed E-state index contributed by atoms with van der Waals surface area (Å²) < 4.78 is 0. The zero-order chi connectivity index (χ0) is 7.40. The van der Waals surface area contributed by atoms with Gasteiger partial charge in [0.2, 0.25) is 0 Å². The summed E-state index contributed by atoms with van der Waals surface area (Å²) in [6, 6.07) is 3.15. The number of aromatic amines is 1. The van der Waals surface area contributed by atoms with Crippen molar-refractivity contribution < 1.29 is 0 Å². The van der Waals surface area contributed by atoms with Crippen LogP contribution in [0.2, 0.25) is 0 Å². The predicted molar refractivity (Wildman–Crippen MR) is 44.9 cm³/mol. The van der Waals surface area contributed by atoms with Crippen LogP contribution in [0.15, 0.2) is 16.9 Å². The third kappa shape index (κ3) is 3.15. The second kappa shape index (κ2) is 4.87. The van der Waals surface area contributed by atoms with Gasteiger partial charge in [-0.2, -0.15) is 5.10 Å². The van der Waals surface area contributed by atoms with Crippen molar-refractivity contribution in [3.63, 3.8) is 0 Å². The number of halogens is 1. The second-order valence-corrected chi connectivity index (χ2v) is 1.94. The van der Waals surface area contributed by atoms with E-state index in [1.807, 2.05) is 7.05 Å². The van der Waals surface area contributed by atoms with Crippen molar-refractivity contribution in [2.75, 3.05) is 7.05 Å². The van der Waals surface area contributed by atoms with Gasteiger partial charge in [0.15, 0.2) is 0 Å². The minimum atomic E-state index is -0.167. The molecule has 0 saturated heterocycles. The molecule has 0 radical (unpaired) electrons. The summed E-state index contributed by atoms with van der Waals surface area (Å²) in [7, 11) is 1.83. The molecule has 1 aromatic heterocycles. The highest BCUT2D eigenvalue weighted by molar-refractivity contribution is 5.85. The van der Waals surface area contributed by atoms with Gasteiger partial charge in [0.1, 0.15) is 0 Å². The standard InChI is InChI=1S/C6H9N3O.ClH/c1-7-4-5-2-3-6(10)9-8-5;/h2-3,7H,4H2,1H3,(H,9,10);1H. The molecule has 0 atom stereocenters. The molecule has 0 fully saturated rings. The van der Waals surface area contributed by atoms with Gasteiger partial charge < -0.3 is 5.32 Å². The van der Waals surface area contributed by atoms with Crippen LogP contribution in [0.5, 0.6) is 0 Å². The van der Waals surface area contributed by atoms with Gasteiger partial charge in [-0.15, -0.1) is 12.4 Å². The summed E-state index contributed by atoms with van der Waals surface area (Å²) in [5.41, 5.74) is 0.668. The van der Waals surface area contributed by atoms with Gasteiger partial charge in [0, 0.05) is 12.6 Å². The highest BCUT2D eigenvalue weighted by Crippen LogP contribution is 1.84. The molecule has 5 heteroatoms. The number of hydrogen-bond donors (Lipinski definition) is 2. The molecule has 1 heterocycles.